The summed E-state index contributed by atoms with van der Waals surface area (Å²) in [4.78, 5) is 36.6. The Morgan fingerprint density at radius 2 is 1.74 bits per heavy atom. The summed E-state index contributed by atoms with van der Waals surface area (Å²) >= 11 is 0. The largest absolute Gasteiger partial charge is 0.480 e. The van der Waals surface area contributed by atoms with E-state index in [2.05, 4.69) is 46.0 Å². The first-order valence-electron chi connectivity index (χ1n) is 17.8. The second-order valence-electron chi connectivity index (χ2n) is 16.3. The molecule has 0 saturated heterocycles. The van der Waals surface area contributed by atoms with E-state index in [1.165, 1.54) is 56.9 Å². The maximum Gasteiger partial charge on any atom is 0.407 e. The first-order valence-corrected chi connectivity index (χ1v) is 17.8. The second-order valence-corrected chi connectivity index (χ2v) is 16.3. The third-order valence-corrected chi connectivity index (χ3v) is 13.5. The molecule has 3 unspecified atom stereocenters. The predicted molar refractivity (Wildman–Crippen MR) is 169 cm³/mol. The van der Waals surface area contributed by atoms with E-state index in [0.29, 0.717) is 31.2 Å². The number of carboxylic acid groups (broad SMARTS) is 1. The number of Topliss-reactive ketones (excluding diaryl/α,β-unsaturated/α-hetero) is 1. The van der Waals surface area contributed by atoms with E-state index in [-0.39, 0.29) is 23.7 Å². The lowest BCUT2D eigenvalue weighted by atomic mass is 9.47. The topological polar surface area (TPSA) is 92.7 Å². The van der Waals surface area contributed by atoms with Crippen molar-refractivity contribution in [2.75, 3.05) is 6.54 Å². The van der Waals surface area contributed by atoms with Crippen LogP contribution in [0.4, 0.5) is 4.79 Å². The number of ether oxygens (including phenoxy) is 1. The van der Waals surface area contributed by atoms with Crippen LogP contribution in [-0.4, -0.2) is 35.6 Å². The van der Waals surface area contributed by atoms with Gasteiger partial charge in [0.15, 0.2) is 0 Å². The molecule has 242 valence electrons. The lowest BCUT2D eigenvalue weighted by molar-refractivity contribution is -0.161. The SMILES string of the molecule is CC(C)CCC[C@@H](C)[C@H]1CCC2C3CC=C4C[C@@H](OC(=O)NCCCC(=O)C5(C(=O)O)CCC5)CC[C@]4(C)C3CC[C@@]21C. The number of fused-ring (bicyclic) bond motifs is 5. The van der Waals surface area contributed by atoms with Crippen molar-refractivity contribution in [2.45, 2.75) is 143 Å². The van der Waals surface area contributed by atoms with Crippen LogP contribution in [0.2, 0.25) is 0 Å². The lowest BCUT2D eigenvalue weighted by Crippen LogP contribution is -2.51. The van der Waals surface area contributed by atoms with Gasteiger partial charge in [0, 0.05) is 19.4 Å². The molecular formula is C37H59NO5. The summed E-state index contributed by atoms with van der Waals surface area (Å²) in [6.45, 7) is 12.7. The molecule has 4 fully saturated rings. The molecule has 0 aromatic carbocycles. The number of nitrogens with one attached hydrogen (secondary N) is 1. The van der Waals surface area contributed by atoms with Crippen LogP contribution >= 0.6 is 0 Å². The van der Waals surface area contributed by atoms with Crippen LogP contribution in [0, 0.1) is 51.8 Å². The fourth-order valence-electron chi connectivity index (χ4n) is 10.8. The number of carboxylic acids is 1. The van der Waals surface area contributed by atoms with Gasteiger partial charge in [-0.05, 0) is 111 Å². The minimum atomic E-state index is -1.18. The van der Waals surface area contributed by atoms with Gasteiger partial charge in [-0.2, -0.15) is 0 Å². The molecule has 0 aromatic heterocycles. The molecule has 5 aliphatic carbocycles. The molecular weight excluding hydrogens is 538 g/mol. The maximum absolute atomic E-state index is 12.6. The highest BCUT2D eigenvalue weighted by Crippen LogP contribution is 2.67. The van der Waals surface area contributed by atoms with Gasteiger partial charge in [-0.3, -0.25) is 9.59 Å². The minimum Gasteiger partial charge on any atom is -0.480 e. The quantitative estimate of drug-likeness (QED) is 0.133. The van der Waals surface area contributed by atoms with Crippen molar-refractivity contribution < 1.29 is 24.2 Å². The average molecular weight is 598 g/mol. The molecule has 43 heavy (non-hydrogen) atoms. The number of allylic oxidation sites excluding steroid dienone is 1. The van der Waals surface area contributed by atoms with Gasteiger partial charge >= 0.3 is 12.1 Å². The number of amides is 1. The molecule has 5 rings (SSSR count). The van der Waals surface area contributed by atoms with Crippen LogP contribution in [0.25, 0.3) is 0 Å². The van der Waals surface area contributed by atoms with Gasteiger partial charge in [-0.1, -0.05) is 72.0 Å². The minimum absolute atomic E-state index is 0.0980. The summed E-state index contributed by atoms with van der Waals surface area (Å²) in [6, 6.07) is 0. The second kappa shape index (κ2) is 12.9. The van der Waals surface area contributed by atoms with Gasteiger partial charge in [0.1, 0.15) is 17.3 Å². The summed E-state index contributed by atoms with van der Waals surface area (Å²) < 4.78 is 5.87. The molecule has 0 spiro atoms. The Labute approximate surface area is 260 Å². The zero-order valence-corrected chi connectivity index (χ0v) is 27.7. The molecule has 0 aromatic rings. The Bertz CT molecular complexity index is 1080. The van der Waals surface area contributed by atoms with Gasteiger partial charge in [-0.25, -0.2) is 4.79 Å². The molecule has 1 amide bonds. The van der Waals surface area contributed by atoms with Crippen LogP contribution in [-0.2, 0) is 14.3 Å². The maximum atomic E-state index is 12.6. The van der Waals surface area contributed by atoms with Gasteiger partial charge in [0.25, 0.3) is 0 Å². The number of ketones is 1. The van der Waals surface area contributed by atoms with Gasteiger partial charge in [0.2, 0.25) is 0 Å². The molecule has 6 nitrogen and oxygen atoms in total. The van der Waals surface area contributed by atoms with Crippen molar-refractivity contribution in [2.24, 2.45) is 51.8 Å². The number of rotatable bonds is 12. The van der Waals surface area contributed by atoms with Crippen molar-refractivity contribution >= 4 is 17.8 Å². The fraction of sp³-hybridized carbons (Fsp3) is 0.865. The zero-order valence-electron chi connectivity index (χ0n) is 27.7. The van der Waals surface area contributed by atoms with E-state index in [4.69, 9.17) is 4.74 Å². The van der Waals surface area contributed by atoms with Crippen molar-refractivity contribution in [1.82, 2.24) is 5.32 Å². The first kappa shape index (κ1) is 32.5. The van der Waals surface area contributed by atoms with Crippen molar-refractivity contribution in [3.8, 4) is 0 Å². The third-order valence-electron chi connectivity index (χ3n) is 13.5. The molecule has 2 N–H and O–H groups in total. The molecule has 4 saturated carbocycles. The summed E-state index contributed by atoms with van der Waals surface area (Å²) in [5.74, 6) is 3.70. The van der Waals surface area contributed by atoms with Gasteiger partial charge < -0.3 is 15.2 Å². The normalized spacial score (nSPS) is 36.8. The van der Waals surface area contributed by atoms with E-state index in [1.807, 2.05) is 0 Å². The standard InChI is InChI=1S/C37H59NO5/c1-24(2)9-6-10-25(3)29-14-15-30-28-13-12-26-23-27(16-20-35(26,4)31(28)17-21-36(29,30)5)43-34(42)38-22-7-11-32(39)37(33(40)41)18-8-19-37/h12,24-25,27-31H,6-11,13-23H2,1-5H3,(H,38,42)(H,40,41)/t25-,27+,28?,29-,30?,31?,35+,36-/m1/s1. The molecule has 0 radical (unpaired) electrons. The number of alkyl carbamates (subject to hydrolysis) is 1. The Kier molecular flexibility index (Phi) is 9.74. The third kappa shape index (κ3) is 6.19. The van der Waals surface area contributed by atoms with Crippen molar-refractivity contribution in [1.29, 1.82) is 0 Å². The summed E-state index contributed by atoms with van der Waals surface area (Å²) in [7, 11) is 0. The Balaban J connectivity index is 1.11. The molecule has 0 heterocycles. The zero-order chi connectivity index (χ0) is 31.0. The first-order chi connectivity index (χ1) is 20.4. The van der Waals surface area contributed by atoms with Crippen LogP contribution in [0.3, 0.4) is 0 Å². The van der Waals surface area contributed by atoms with Crippen LogP contribution in [0.15, 0.2) is 11.6 Å². The predicted octanol–water partition coefficient (Wildman–Crippen LogP) is 8.73. The van der Waals surface area contributed by atoms with Gasteiger partial charge in [-0.15, -0.1) is 0 Å². The summed E-state index contributed by atoms with van der Waals surface area (Å²) in [5.41, 5.74) is 1.06. The van der Waals surface area contributed by atoms with Crippen LogP contribution in [0.1, 0.15) is 137 Å². The summed E-state index contributed by atoms with van der Waals surface area (Å²) in [5, 5.41) is 12.3. The van der Waals surface area contributed by atoms with Crippen molar-refractivity contribution in [3.63, 3.8) is 0 Å². The molecule has 0 aliphatic heterocycles. The number of hydrogen-bond acceptors (Lipinski definition) is 4. The highest BCUT2D eigenvalue weighted by Gasteiger charge is 2.59. The average Bonchev–Trinajstić information content (AvgIpc) is 3.27. The molecule has 5 aliphatic rings. The Morgan fingerprint density at radius 3 is 2.42 bits per heavy atom. The highest BCUT2D eigenvalue weighted by molar-refractivity contribution is 6.03. The van der Waals surface area contributed by atoms with E-state index in [0.717, 1.165) is 61.2 Å². The van der Waals surface area contributed by atoms with E-state index in [1.54, 1.807) is 0 Å². The molecule has 6 heteroatoms. The monoisotopic (exact) mass is 597 g/mol. The van der Waals surface area contributed by atoms with Crippen LogP contribution in [0.5, 0.6) is 0 Å². The number of hydrogen-bond donors (Lipinski definition) is 2. The summed E-state index contributed by atoms with van der Waals surface area (Å²) in [6.07, 6.45) is 18.0. The van der Waals surface area contributed by atoms with Crippen molar-refractivity contribution in [3.05, 3.63) is 11.6 Å². The molecule has 0 bridgehead atoms. The lowest BCUT2D eigenvalue weighted by Gasteiger charge is -2.58. The number of carbonyl (C=O) groups is 3. The van der Waals surface area contributed by atoms with E-state index >= 15 is 0 Å². The van der Waals surface area contributed by atoms with Crippen LogP contribution < -0.4 is 5.32 Å². The Hall–Kier alpha value is -1.85. The number of aliphatic carboxylic acids is 1. The highest BCUT2D eigenvalue weighted by atomic mass is 16.6. The smallest absolute Gasteiger partial charge is 0.407 e. The molecule has 8 atom stereocenters. The van der Waals surface area contributed by atoms with Gasteiger partial charge in [0.05, 0.1) is 0 Å². The number of carbonyl (C=O) groups excluding carboxylic acids is 2. The van der Waals surface area contributed by atoms with E-state index in [9.17, 15) is 19.5 Å². The van der Waals surface area contributed by atoms with E-state index < -0.39 is 17.5 Å². The Morgan fingerprint density at radius 1 is 0.977 bits per heavy atom. The fourth-order valence-corrected chi connectivity index (χ4v) is 10.8.